The maximum atomic E-state index is 4.49. The fourth-order valence-corrected chi connectivity index (χ4v) is 1.36. The van der Waals surface area contributed by atoms with Gasteiger partial charge in [0.15, 0.2) is 0 Å². The Kier molecular flexibility index (Phi) is 4.16. The Labute approximate surface area is 99.1 Å². The highest BCUT2D eigenvalue weighted by atomic mass is 15.2. The van der Waals surface area contributed by atoms with Crippen molar-refractivity contribution in [1.29, 1.82) is 0 Å². The predicted octanol–water partition coefficient (Wildman–Crippen LogP) is 2.77. The van der Waals surface area contributed by atoms with Crippen LogP contribution in [0.1, 0.15) is 27.7 Å². The summed E-state index contributed by atoms with van der Waals surface area (Å²) in [5.74, 6) is 1.02. The van der Waals surface area contributed by atoms with Crippen LogP contribution in [0.5, 0.6) is 0 Å². The molecule has 0 atom stereocenters. The van der Waals surface area contributed by atoms with Gasteiger partial charge < -0.3 is 9.80 Å². The minimum Gasteiger partial charge on any atom is -0.371 e. The first-order valence-corrected chi connectivity index (χ1v) is 5.85. The highest BCUT2D eigenvalue weighted by Gasteiger charge is 2.08. The van der Waals surface area contributed by atoms with Gasteiger partial charge in [-0.3, -0.25) is 0 Å². The minimum atomic E-state index is 0.473. The Morgan fingerprint density at radius 3 is 1.88 bits per heavy atom. The van der Waals surface area contributed by atoms with E-state index in [1.807, 2.05) is 6.20 Å². The van der Waals surface area contributed by atoms with E-state index in [0.717, 1.165) is 11.5 Å². The predicted molar refractivity (Wildman–Crippen MR) is 71.3 cm³/mol. The summed E-state index contributed by atoms with van der Waals surface area (Å²) in [6.45, 7) is 8.67. The summed E-state index contributed by atoms with van der Waals surface area (Å²) in [6.07, 6.45) is 1.94. The first kappa shape index (κ1) is 12.8. The largest absolute Gasteiger partial charge is 0.371 e. The lowest BCUT2D eigenvalue weighted by molar-refractivity contribution is 0.737. The number of pyridine rings is 1. The molecule has 1 aromatic heterocycles. The van der Waals surface area contributed by atoms with Crippen molar-refractivity contribution in [2.24, 2.45) is 0 Å². The van der Waals surface area contributed by atoms with Gasteiger partial charge in [0, 0.05) is 26.2 Å². The average molecular weight is 221 g/mol. The zero-order valence-electron chi connectivity index (χ0n) is 11.2. The second kappa shape index (κ2) is 5.19. The molecule has 1 heterocycles. The SMILES string of the molecule is CC(C)N(C)c1ccc(N(C)C(C)C)nc1. The fourth-order valence-electron chi connectivity index (χ4n) is 1.36. The van der Waals surface area contributed by atoms with E-state index >= 15 is 0 Å². The van der Waals surface area contributed by atoms with Gasteiger partial charge in [0.2, 0.25) is 0 Å². The Balaban J connectivity index is 2.83. The second-order valence-corrected chi connectivity index (χ2v) is 4.78. The summed E-state index contributed by atoms with van der Waals surface area (Å²) in [6, 6.07) is 5.17. The van der Waals surface area contributed by atoms with E-state index in [1.54, 1.807) is 0 Å². The Morgan fingerprint density at radius 1 is 0.938 bits per heavy atom. The van der Waals surface area contributed by atoms with Crippen LogP contribution in [0.25, 0.3) is 0 Å². The smallest absolute Gasteiger partial charge is 0.128 e. The van der Waals surface area contributed by atoms with Gasteiger partial charge in [0.1, 0.15) is 5.82 Å². The molecule has 0 saturated heterocycles. The molecule has 1 aromatic rings. The van der Waals surface area contributed by atoms with Crippen LogP contribution in [-0.2, 0) is 0 Å². The molecule has 16 heavy (non-hydrogen) atoms. The molecule has 0 unspecified atom stereocenters. The van der Waals surface area contributed by atoms with Crippen LogP contribution in [0.4, 0.5) is 11.5 Å². The van der Waals surface area contributed by atoms with E-state index in [0.29, 0.717) is 12.1 Å². The lowest BCUT2D eigenvalue weighted by Gasteiger charge is -2.26. The third-order valence-corrected chi connectivity index (χ3v) is 3.05. The van der Waals surface area contributed by atoms with E-state index in [2.05, 4.69) is 68.7 Å². The lowest BCUT2D eigenvalue weighted by atomic mass is 10.3. The van der Waals surface area contributed by atoms with Gasteiger partial charge in [0.25, 0.3) is 0 Å². The van der Waals surface area contributed by atoms with Crippen LogP contribution in [-0.4, -0.2) is 31.2 Å². The van der Waals surface area contributed by atoms with E-state index in [4.69, 9.17) is 0 Å². The summed E-state index contributed by atoms with van der Waals surface area (Å²) >= 11 is 0. The van der Waals surface area contributed by atoms with Crippen LogP contribution in [0.3, 0.4) is 0 Å². The third-order valence-electron chi connectivity index (χ3n) is 3.05. The number of aromatic nitrogens is 1. The molecule has 0 N–H and O–H groups in total. The molecule has 0 aliphatic carbocycles. The molecule has 0 amide bonds. The van der Waals surface area contributed by atoms with Crippen LogP contribution in [0.2, 0.25) is 0 Å². The molecule has 0 saturated carbocycles. The third kappa shape index (κ3) is 2.87. The van der Waals surface area contributed by atoms with Gasteiger partial charge in [-0.05, 0) is 39.8 Å². The van der Waals surface area contributed by atoms with Crippen LogP contribution >= 0.6 is 0 Å². The lowest BCUT2D eigenvalue weighted by Crippen LogP contribution is -2.28. The number of hydrogen-bond acceptors (Lipinski definition) is 3. The molecule has 0 aromatic carbocycles. The van der Waals surface area contributed by atoms with Crippen LogP contribution < -0.4 is 9.80 Å². The highest BCUT2D eigenvalue weighted by Crippen LogP contribution is 2.18. The monoisotopic (exact) mass is 221 g/mol. The zero-order valence-corrected chi connectivity index (χ0v) is 11.2. The van der Waals surface area contributed by atoms with Gasteiger partial charge >= 0.3 is 0 Å². The molecular weight excluding hydrogens is 198 g/mol. The van der Waals surface area contributed by atoms with Gasteiger partial charge in [-0.2, -0.15) is 0 Å². The van der Waals surface area contributed by atoms with E-state index in [-0.39, 0.29) is 0 Å². The summed E-state index contributed by atoms with van der Waals surface area (Å²) < 4.78 is 0. The summed E-state index contributed by atoms with van der Waals surface area (Å²) in [5.41, 5.74) is 1.16. The van der Waals surface area contributed by atoms with Crippen molar-refractivity contribution in [3.05, 3.63) is 18.3 Å². The molecule has 0 fully saturated rings. The summed E-state index contributed by atoms with van der Waals surface area (Å²) in [5, 5.41) is 0. The number of rotatable bonds is 4. The Bertz CT molecular complexity index is 283. The van der Waals surface area contributed by atoms with Crippen molar-refractivity contribution in [3.63, 3.8) is 0 Å². The maximum absolute atomic E-state index is 4.49. The molecular formula is C13H23N3. The molecule has 3 nitrogen and oxygen atoms in total. The normalized spacial score (nSPS) is 11.0. The first-order chi connectivity index (χ1) is 7.43. The van der Waals surface area contributed by atoms with E-state index < -0.39 is 0 Å². The minimum absolute atomic E-state index is 0.473. The van der Waals surface area contributed by atoms with Gasteiger partial charge in [0.05, 0.1) is 11.9 Å². The summed E-state index contributed by atoms with van der Waals surface area (Å²) in [7, 11) is 4.16. The average Bonchev–Trinajstić information content (AvgIpc) is 2.27. The van der Waals surface area contributed by atoms with Crippen LogP contribution in [0.15, 0.2) is 18.3 Å². The van der Waals surface area contributed by atoms with Crippen molar-refractivity contribution in [2.45, 2.75) is 39.8 Å². The molecule has 0 aliphatic heterocycles. The molecule has 0 radical (unpaired) electrons. The number of hydrogen-bond donors (Lipinski definition) is 0. The quantitative estimate of drug-likeness (QED) is 0.779. The van der Waals surface area contributed by atoms with Gasteiger partial charge in [-0.1, -0.05) is 0 Å². The van der Waals surface area contributed by atoms with Crippen molar-refractivity contribution >= 4 is 11.5 Å². The van der Waals surface area contributed by atoms with Crippen molar-refractivity contribution in [3.8, 4) is 0 Å². The van der Waals surface area contributed by atoms with Crippen molar-refractivity contribution in [2.75, 3.05) is 23.9 Å². The molecule has 90 valence electrons. The van der Waals surface area contributed by atoms with Crippen molar-refractivity contribution < 1.29 is 0 Å². The topological polar surface area (TPSA) is 19.4 Å². The fraction of sp³-hybridized carbons (Fsp3) is 0.615. The van der Waals surface area contributed by atoms with E-state index in [9.17, 15) is 0 Å². The Hall–Kier alpha value is -1.25. The zero-order chi connectivity index (χ0) is 12.3. The van der Waals surface area contributed by atoms with Crippen LogP contribution in [0, 0.1) is 0 Å². The molecule has 0 bridgehead atoms. The highest BCUT2D eigenvalue weighted by molar-refractivity contribution is 5.50. The second-order valence-electron chi connectivity index (χ2n) is 4.78. The van der Waals surface area contributed by atoms with Gasteiger partial charge in [-0.25, -0.2) is 4.98 Å². The Morgan fingerprint density at radius 2 is 1.50 bits per heavy atom. The molecule has 3 heteroatoms. The number of nitrogens with zero attached hydrogens (tertiary/aromatic N) is 3. The maximum Gasteiger partial charge on any atom is 0.128 e. The summed E-state index contributed by atoms with van der Waals surface area (Å²) in [4.78, 5) is 8.87. The van der Waals surface area contributed by atoms with Gasteiger partial charge in [-0.15, -0.1) is 0 Å². The van der Waals surface area contributed by atoms with E-state index in [1.165, 1.54) is 0 Å². The first-order valence-electron chi connectivity index (χ1n) is 5.85. The molecule has 1 rings (SSSR count). The molecule has 0 spiro atoms. The number of anilines is 2. The van der Waals surface area contributed by atoms with Crippen molar-refractivity contribution in [1.82, 2.24) is 4.98 Å². The molecule has 0 aliphatic rings. The standard InChI is InChI=1S/C13H23N3/c1-10(2)15(5)12-7-8-13(14-9-12)16(6)11(3)4/h7-11H,1-6H3.